The van der Waals surface area contributed by atoms with Gasteiger partial charge >= 0.3 is 0 Å². The molecule has 1 N–H and O–H groups in total. The molecule has 0 aliphatic carbocycles. The molecule has 0 unspecified atom stereocenters. The average Bonchev–Trinajstić information content (AvgIpc) is 2.60. The van der Waals surface area contributed by atoms with E-state index in [9.17, 15) is 4.79 Å². The zero-order valence-electron chi connectivity index (χ0n) is 15.2. The molecule has 0 saturated heterocycles. The van der Waals surface area contributed by atoms with Gasteiger partial charge in [0, 0.05) is 25.3 Å². The molecule has 1 heterocycles. The van der Waals surface area contributed by atoms with Gasteiger partial charge in [0.2, 0.25) is 0 Å². The maximum atomic E-state index is 12.6. The van der Waals surface area contributed by atoms with E-state index in [1.807, 2.05) is 18.2 Å². The van der Waals surface area contributed by atoms with E-state index in [-0.39, 0.29) is 5.91 Å². The monoisotopic (exact) mass is 338 g/mol. The Kier molecular flexibility index (Phi) is 5.39. The van der Waals surface area contributed by atoms with Crippen molar-refractivity contribution in [1.29, 1.82) is 0 Å². The van der Waals surface area contributed by atoms with Crippen molar-refractivity contribution >= 4 is 11.6 Å². The first-order valence-electron chi connectivity index (χ1n) is 8.85. The van der Waals surface area contributed by atoms with Crippen molar-refractivity contribution < 1.29 is 9.53 Å². The van der Waals surface area contributed by atoms with E-state index >= 15 is 0 Å². The smallest absolute Gasteiger partial charge is 0.259 e. The quantitative estimate of drug-likeness (QED) is 0.897. The van der Waals surface area contributed by atoms with E-state index in [1.165, 1.54) is 11.1 Å². The van der Waals surface area contributed by atoms with Crippen molar-refractivity contribution in [2.75, 3.05) is 25.5 Å². The van der Waals surface area contributed by atoms with Gasteiger partial charge in [-0.1, -0.05) is 32.0 Å². The summed E-state index contributed by atoms with van der Waals surface area (Å²) >= 11 is 0. The molecule has 2 aromatic rings. The van der Waals surface area contributed by atoms with Crippen LogP contribution in [0.2, 0.25) is 0 Å². The Balaban J connectivity index is 1.75. The number of amides is 1. The molecule has 1 aliphatic heterocycles. The average molecular weight is 338 g/mol. The van der Waals surface area contributed by atoms with Gasteiger partial charge in [-0.05, 0) is 47.7 Å². The number of anilines is 1. The van der Waals surface area contributed by atoms with Crippen LogP contribution in [0.4, 0.5) is 5.69 Å². The molecule has 0 saturated carbocycles. The normalized spacial score (nSPS) is 14.2. The van der Waals surface area contributed by atoms with Gasteiger partial charge in [0.1, 0.15) is 5.75 Å². The van der Waals surface area contributed by atoms with E-state index in [4.69, 9.17) is 4.74 Å². The topological polar surface area (TPSA) is 41.6 Å². The van der Waals surface area contributed by atoms with Crippen LogP contribution >= 0.6 is 0 Å². The number of carbonyl (C=O) groups is 1. The molecule has 0 bridgehead atoms. The van der Waals surface area contributed by atoms with E-state index < -0.39 is 0 Å². The molecule has 2 aromatic carbocycles. The third kappa shape index (κ3) is 4.20. The molecule has 0 radical (unpaired) electrons. The zero-order chi connectivity index (χ0) is 17.8. The summed E-state index contributed by atoms with van der Waals surface area (Å²) in [6.45, 7) is 7.67. The highest BCUT2D eigenvalue weighted by Gasteiger charge is 2.18. The molecule has 4 nitrogen and oxygen atoms in total. The van der Waals surface area contributed by atoms with Crippen molar-refractivity contribution in [1.82, 2.24) is 4.90 Å². The number of methoxy groups -OCH3 is 1. The number of ether oxygens (including phenoxy) is 1. The molecule has 132 valence electrons. The Morgan fingerprint density at radius 2 is 2.00 bits per heavy atom. The van der Waals surface area contributed by atoms with Gasteiger partial charge in [0.05, 0.1) is 12.7 Å². The fourth-order valence-electron chi connectivity index (χ4n) is 3.40. The molecular weight excluding hydrogens is 312 g/mol. The molecule has 3 rings (SSSR count). The van der Waals surface area contributed by atoms with Crippen LogP contribution in [0.15, 0.2) is 42.5 Å². The summed E-state index contributed by atoms with van der Waals surface area (Å²) in [7, 11) is 1.58. The first-order chi connectivity index (χ1) is 12.1. The minimum atomic E-state index is -0.146. The minimum absolute atomic E-state index is 0.146. The molecule has 0 aromatic heterocycles. The third-order valence-corrected chi connectivity index (χ3v) is 4.53. The van der Waals surface area contributed by atoms with E-state index in [1.54, 1.807) is 19.2 Å². The van der Waals surface area contributed by atoms with Crippen molar-refractivity contribution in [2.24, 2.45) is 5.92 Å². The van der Waals surface area contributed by atoms with Gasteiger partial charge in [-0.25, -0.2) is 0 Å². The second kappa shape index (κ2) is 7.70. The third-order valence-electron chi connectivity index (χ3n) is 4.53. The standard InChI is InChI=1S/C21H26N2O2/c1-15(2)13-23-11-10-16-8-9-18(12-17(16)14-23)22-21(24)19-6-4-5-7-20(19)25-3/h4-9,12,15H,10-11,13-14H2,1-3H3,(H,22,24). The Bertz CT molecular complexity index is 755. The number of hydrogen-bond donors (Lipinski definition) is 1. The summed E-state index contributed by atoms with van der Waals surface area (Å²) in [5.41, 5.74) is 4.07. The second-order valence-corrected chi connectivity index (χ2v) is 7.02. The van der Waals surface area contributed by atoms with Crippen LogP contribution < -0.4 is 10.1 Å². The molecule has 0 fully saturated rings. The van der Waals surface area contributed by atoms with Gasteiger partial charge in [0.15, 0.2) is 0 Å². The molecule has 4 heteroatoms. The van der Waals surface area contributed by atoms with Crippen LogP contribution in [0.5, 0.6) is 5.75 Å². The fourth-order valence-corrected chi connectivity index (χ4v) is 3.40. The maximum absolute atomic E-state index is 12.6. The number of benzene rings is 2. The summed E-state index contributed by atoms with van der Waals surface area (Å²) in [6, 6.07) is 13.5. The summed E-state index contributed by atoms with van der Waals surface area (Å²) in [6.07, 6.45) is 1.07. The van der Waals surface area contributed by atoms with Crippen LogP contribution in [0.1, 0.15) is 35.3 Å². The maximum Gasteiger partial charge on any atom is 0.259 e. The summed E-state index contributed by atoms with van der Waals surface area (Å²) in [5.74, 6) is 1.10. The minimum Gasteiger partial charge on any atom is -0.496 e. The first-order valence-corrected chi connectivity index (χ1v) is 8.85. The van der Waals surface area contributed by atoms with Gasteiger partial charge in [-0.3, -0.25) is 9.69 Å². The van der Waals surface area contributed by atoms with Crippen LogP contribution in [0, 0.1) is 5.92 Å². The molecule has 0 atom stereocenters. The molecule has 1 amide bonds. The number of nitrogens with zero attached hydrogens (tertiary/aromatic N) is 1. The lowest BCUT2D eigenvalue weighted by atomic mass is 9.98. The van der Waals surface area contributed by atoms with Crippen LogP contribution in [0.3, 0.4) is 0 Å². The Morgan fingerprint density at radius 1 is 1.20 bits per heavy atom. The molecule has 0 spiro atoms. The van der Waals surface area contributed by atoms with E-state index in [0.717, 1.165) is 31.7 Å². The lowest BCUT2D eigenvalue weighted by molar-refractivity contribution is 0.102. The number of hydrogen-bond acceptors (Lipinski definition) is 3. The van der Waals surface area contributed by atoms with Gasteiger partial charge in [-0.15, -0.1) is 0 Å². The Labute approximate surface area is 149 Å². The van der Waals surface area contributed by atoms with E-state index in [2.05, 4.69) is 36.2 Å². The van der Waals surface area contributed by atoms with Crippen LogP contribution in [-0.2, 0) is 13.0 Å². The van der Waals surface area contributed by atoms with Crippen molar-refractivity contribution in [3.05, 3.63) is 59.2 Å². The lowest BCUT2D eigenvalue weighted by Gasteiger charge is -2.30. The van der Waals surface area contributed by atoms with Gasteiger partial charge in [-0.2, -0.15) is 0 Å². The highest BCUT2D eigenvalue weighted by atomic mass is 16.5. The molecular formula is C21H26N2O2. The van der Waals surface area contributed by atoms with Crippen LogP contribution in [0.25, 0.3) is 0 Å². The first kappa shape index (κ1) is 17.5. The van der Waals surface area contributed by atoms with Crippen molar-refractivity contribution in [2.45, 2.75) is 26.8 Å². The van der Waals surface area contributed by atoms with E-state index in [0.29, 0.717) is 17.2 Å². The predicted molar refractivity (Wildman–Crippen MR) is 101 cm³/mol. The van der Waals surface area contributed by atoms with Gasteiger partial charge < -0.3 is 10.1 Å². The highest BCUT2D eigenvalue weighted by Crippen LogP contribution is 2.25. The van der Waals surface area contributed by atoms with Crippen molar-refractivity contribution in [3.63, 3.8) is 0 Å². The number of rotatable bonds is 5. The highest BCUT2D eigenvalue weighted by molar-refractivity contribution is 6.06. The predicted octanol–water partition coefficient (Wildman–Crippen LogP) is 3.96. The summed E-state index contributed by atoms with van der Waals surface area (Å²) in [5, 5.41) is 3.00. The number of para-hydroxylation sites is 1. The molecule has 1 aliphatic rings. The number of nitrogens with one attached hydrogen (secondary N) is 1. The summed E-state index contributed by atoms with van der Waals surface area (Å²) in [4.78, 5) is 15.1. The van der Waals surface area contributed by atoms with Crippen LogP contribution in [-0.4, -0.2) is 31.0 Å². The van der Waals surface area contributed by atoms with Crippen molar-refractivity contribution in [3.8, 4) is 5.75 Å². The summed E-state index contributed by atoms with van der Waals surface area (Å²) < 4.78 is 5.28. The SMILES string of the molecule is COc1ccccc1C(=O)Nc1ccc2c(c1)CN(CC(C)C)CC2. The number of fused-ring (bicyclic) bond motifs is 1. The number of carbonyl (C=O) groups excluding carboxylic acids is 1. The Hall–Kier alpha value is -2.33. The molecule has 25 heavy (non-hydrogen) atoms. The lowest BCUT2D eigenvalue weighted by Crippen LogP contribution is -2.33. The second-order valence-electron chi connectivity index (χ2n) is 7.02. The zero-order valence-corrected chi connectivity index (χ0v) is 15.2. The largest absolute Gasteiger partial charge is 0.496 e. The Morgan fingerprint density at radius 3 is 2.76 bits per heavy atom. The van der Waals surface area contributed by atoms with Gasteiger partial charge in [0.25, 0.3) is 5.91 Å². The fraction of sp³-hybridized carbons (Fsp3) is 0.381.